The second kappa shape index (κ2) is 6.32. The summed E-state index contributed by atoms with van der Waals surface area (Å²) < 4.78 is 31.8. The fourth-order valence-electron chi connectivity index (χ4n) is 2.87. The monoisotopic (exact) mass is 276 g/mol. The lowest BCUT2D eigenvalue weighted by Crippen LogP contribution is -2.45. The summed E-state index contributed by atoms with van der Waals surface area (Å²) in [6.45, 7) is 3.20. The number of piperidine rings is 1. The normalized spacial score (nSPS) is 25.4. The Balaban J connectivity index is 1.91. The van der Waals surface area contributed by atoms with Gasteiger partial charge in [0.2, 0.25) is 10.0 Å². The average Bonchev–Trinajstić information content (AvgIpc) is 2.41. The highest BCUT2D eigenvalue weighted by molar-refractivity contribution is 7.89. The van der Waals surface area contributed by atoms with Crippen LogP contribution in [0.3, 0.4) is 0 Å². The number of rotatable bonds is 4. The number of hydrogen-bond donors (Lipinski definition) is 1. The largest absolute Gasteiger partial charge is 0.381 e. The van der Waals surface area contributed by atoms with Crippen LogP contribution in [-0.4, -0.2) is 50.8 Å². The van der Waals surface area contributed by atoms with E-state index < -0.39 is 10.0 Å². The lowest BCUT2D eigenvalue weighted by molar-refractivity contribution is 0.0967. The minimum absolute atomic E-state index is 0.225. The summed E-state index contributed by atoms with van der Waals surface area (Å²) in [5, 5.41) is -0.225. The zero-order chi connectivity index (χ0) is 13.0. The van der Waals surface area contributed by atoms with Crippen molar-refractivity contribution < 1.29 is 13.2 Å². The molecule has 0 atom stereocenters. The average molecular weight is 276 g/mol. The fourth-order valence-corrected chi connectivity index (χ4v) is 4.80. The first kappa shape index (κ1) is 14.2. The highest BCUT2D eigenvalue weighted by Crippen LogP contribution is 2.26. The smallest absolute Gasteiger partial charge is 0.217 e. The van der Waals surface area contributed by atoms with Crippen molar-refractivity contribution in [3.05, 3.63) is 0 Å². The van der Waals surface area contributed by atoms with Crippen LogP contribution >= 0.6 is 0 Å². The molecular formula is C12H24N2O3S. The third-order valence-corrected chi connectivity index (χ3v) is 6.50. The third kappa shape index (κ3) is 3.23. The minimum Gasteiger partial charge on any atom is -0.381 e. The van der Waals surface area contributed by atoms with Crippen molar-refractivity contribution in [1.29, 1.82) is 0 Å². The number of sulfonamides is 1. The summed E-state index contributed by atoms with van der Waals surface area (Å²) in [6, 6.07) is 0. The van der Waals surface area contributed by atoms with Crippen LogP contribution in [0.2, 0.25) is 0 Å². The molecule has 0 amide bonds. The van der Waals surface area contributed by atoms with Gasteiger partial charge in [0.1, 0.15) is 0 Å². The predicted octanol–water partition coefficient (Wildman–Crippen LogP) is 0.556. The van der Waals surface area contributed by atoms with Crippen molar-refractivity contribution in [2.75, 3.05) is 32.8 Å². The summed E-state index contributed by atoms with van der Waals surface area (Å²) >= 11 is 0. The molecule has 0 spiro atoms. The first-order chi connectivity index (χ1) is 8.64. The van der Waals surface area contributed by atoms with Gasteiger partial charge in [0, 0.05) is 26.3 Å². The van der Waals surface area contributed by atoms with Gasteiger partial charge in [-0.3, -0.25) is 0 Å². The van der Waals surface area contributed by atoms with Gasteiger partial charge in [0.25, 0.3) is 0 Å². The quantitative estimate of drug-likeness (QED) is 0.814. The first-order valence-corrected chi connectivity index (χ1v) is 8.41. The Bertz CT molecular complexity index is 344. The number of hydrogen-bond acceptors (Lipinski definition) is 4. The van der Waals surface area contributed by atoms with Crippen LogP contribution in [0, 0.1) is 5.92 Å². The molecule has 106 valence electrons. The SMILES string of the molecule is NCCC1CCN(S(=O)(=O)C2CCOCC2)CC1. The Hall–Kier alpha value is -0.170. The van der Waals surface area contributed by atoms with E-state index in [-0.39, 0.29) is 5.25 Å². The van der Waals surface area contributed by atoms with Gasteiger partial charge in [-0.1, -0.05) is 0 Å². The van der Waals surface area contributed by atoms with Gasteiger partial charge in [-0.15, -0.1) is 0 Å². The van der Waals surface area contributed by atoms with E-state index in [1.54, 1.807) is 4.31 Å². The lowest BCUT2D eigenvalue weighted by atomic mass is 9.95. The summed E-state index contributed by atoms with van der Waals surface area (Å²) in [5.74, 6) is 0.608. The molecule has 6 heteroatoms. The molecule has 0 aromatic carbocycles. The zero-order valence-corrected chi connectivity index (χ0v) is 11.7. The Morgan fingerprint density at radius 2 is 1.72 bits per heavy atom. The summed E-state index contributed by atoms with van der Waals surface area (Å²) in [5.41, 5.74) is 5.55. The summed E-state index contributed by atoms with van der Waals surface area (Å²) in [7, 11) is -3.10. The fraction of sp³-hybridized carbons (Fsp3) is 1.00. The molecule has 2 aliphatic heterocycles. The van der Waals surface area contributed by atoms with Crippen molar-refractivity contribution >= 4 is 10.0 Å². The summed E-state index contributed by atoms with van der Waals surface area (Å²) in [6.07, 6.45) is 4.22. The molecule has 2 N–H and O–H groups in total. The Morgan fingerprint density at radius 3 is 2.28 bits per heavy atom. The first-order valence-electron chi connectivity index (χ1n) is 6.91. The lowest BCUT2D eigenvalue weighted by Gasteiger charge is -2.34. The van der Waals surface area contributed by atoms with Crippen LogP contribution in [-0.2, 0) is 14.8 Å². The van der Waals surface area contributed by atoms with Gasteiger partial charge in [-0.25, -0.2) is 12.7 Å². The van der Waals surface area contributed by atoms with Gasteiger partial charge >= 0.3 is 0 Å². The van der Waals surface area contributed by atoms with Crippen LogP contribution in [0.1, 0.15) is 32.1 Å². The molecule has 0 aliphatic carbocycles. The minimum atomic E-state index is -3.10. The number of ether oxygens (including phenoxy) is 1. The van der Waals surface area contributed by atoms with Crippen molar-refractivity contribution in [2.45, 2.75) is 37.4 Å². The molecule has 0 aromatic rings. The molecule has 2 fully saturated rings. The van der Waals surface area contributed by atoms with Gasteiger partial charge in [-0.2, -0.15) is 0 Å². The molecule has 5 nitrogen and oxygen atoms in total. The molecule has 2 rings (SSSR count). The molecular weight excluding hydrogens is 252 g/mol. The van der Waals surface area contributed by atoms with Gasteiger partial charge in [-0.05, 0) is 44.6 Å². The molecule has 0 radical (unpaired) electrons. The maximum Gasteiger partial charge on any atom is 0.217 e. The van der Waals surface area contributed by atoms with Crippen LogP contribution < -0.4 is 5.73 Å². The highest BCUT2D eigenvalue weighted by atomic mass is 32.2. The standard InChI is InChI=1S/C12H24N2O3S/c13-6-1-11-2-7-14(8-3-11)18(15,16)12-4-9-17-10-5-12/h11-12H,1-10,13H2. The van der Waals surface area contributed by atoms with Gasteiger partial charge in [0.15, 0.2) is 0 Å². The molecule has 18 heavy (non-hydrogen) atoms. The van der Waals surface area contributed by atoms with Crippen molar-refractivity contribution in [2.24, 2.45) is 11.7 Å². The Morgan fingerprint density at radius 1 is 1.11 bits per heavy atom. The Kier molecular flexibility index (Phi) is 5.00. The van der Waals surface area contributed by atoms with E-state index in [0.717, 1.165) is 19.3 Å². The van der Waals surface area contributed by atoms with Crippen molar-refractivity contribution in [3.63, 3.8) is 0 Å². The van der Waals surface area contributed by atoms with E-state index in [0.29, 0.717) is 51.6 Å². The van der Waals surface area contributed by atoms with Crippen LogP contribution in [0.25, 0.3) is 0 Å². The second-order valence-electron chi connectivity index (χ2n) is 5.28. The van der Waals surface area contributed by atoms with E-state index >= 15 is 0 Å². The third-order valence-electron chi connectivity index (χ3n) is 4.10. The van der Waals surface area contributed by atoms with Gasteiger partial charge in [0.05, 0.1) is 5.25 Å². The molecule has 2 heterocycles. The van der Waals surface area contributed by atoms with Crippen molar-refractivity contribution in [1.82, 2.24) is 4.31 Å². The second-order valence-corrected chi connectivity index (χ2v) is 7.49. The predicted molar refractivity (Wildman–Crippen MR) is 70.7 cm³/mol. The van der Waals surface area contributed by atoms with Gasteiger partial charge < -0.3 is 10.5 Å². The van der Waals surface area contributed by atoms with Crippen LogP contribution in [0.15, 0.2) is 0 Å². The van der Waals surface area contributed by atoms with Crippen LogP contribution in [0.5, 0.6) is 0 Å². The number of nitrogens with two attached hydrogens (primary N) is 1. The van der Waals surface area contributed by atoms with Crippen molar-refractivity contribution in [3.8, 4) is 0 Å². The zero-order valence-electron chi connectivity index (χ0n) is 10.9. The van der Waals surface area contributed by atoms with E-state index in [2.05, 4.69) is 0 Å². The molecule has 0 unspecified atom stereocenters. The van der Waals surface area contributed by atoms with E-state index in [1.807, 2.05) is 0 Å². The maximum atomic E-state index is 12.5. The molecule has 0 bridgehead atoms. The Labute approximate surface area is 110 Å². The van der Waals surface area contributed by atoms with Crippen LogP contribution in [0.4, 0.5) is 0 Å². The highest BCUT2D eigenvalue weighted by Gasteiger charge is 2.35. The van der Waals surface area contributed by atoms with E-state index in [1.165, 1.54) is 0 Å². The van der Waals surface area contributed by atoms with E-state index in [4.69, 9.17) is 10.5 Å². The topological polar surface area (TPSA) is 72.6 Å². The molecule has 0 aromatic heterocycles. The van der Waals surface area contributed by atoms with E-state index in [9.17, 15) is 8.42 Å². The molecule has 2 saturated heterocycles. The molecule has 2 aliphatic rings. The maximum absolute atomic E-state index is 12.5. The molecule has 0 saturated carbocycles. The number of nitrogens with zero attached hydrogens (tertiary/aromatic N) is 1. The summed E-state index contributed by atoms with van der Waals surface area (Å²) in [4.78, 5) is 0.